The van der Waals surface area contributed by atoms with Crippen LogP contribution < -0.4 is 15.4 Å². The summed E-state index contributed by atoms with van der Waals surface area (Å²) in [5.74, 6) is 0.682. The molecule has 0 aliphatic carbocycles. The topological polar surface area (TPSA) is 67.4 Å². The van der Waals surface area contributed by atoms with Gasteiger partial charge in [0.2, 0.25) is 5.91 Å². The molecule has 1 atom stereocenters. The highest BCUT2D eigenvalue weighted by Gasteiger charge is 2.17. The Hall–Kier alpha value is -1.59. The van der Waals surface area contributed by atoms with Crippen molar-refractivity contribution in [1.82, 2.24) is 10.6 Å². The fraction of sp³-hybridized carbons (Fsp3) is 0.500. The number of rotatable bonds is 7. The summed E-state index contributed by atoms with van der Waals surface area (Å²) >= 11 is 0. The van der Waals surface area contributed by atoms with E-state index in [2.05, 4.69) is 10.6 Å². The maximum atomic E-state index is 12.0. The van der Waals surface area contributed by atoms with Crippen molar-refractivity contribution in [2.45, 2.75) is 32.2 Å². The molecule has 5 nitrogen and oxygen atoms in total. The van der Waals surface area contributed by atoms with Crippen molar-refractivity contribution in [2.75, 3.05) is 19.7 Å². The molecule has 1 aliphatic rings. The highest BCUT2D eigenvalue weighted by molar-refractivity contribution is 5.98. The molecule has 1 aromatic rings. The average Bonchev–Trinajstić information content (AvgIpc) is 2.99. The summed E-state index contributed by atoms with van der Waals surface area (Å²) in [7, 11) is 0. The third-order valence-corrected chi connectivity index (χ3v) is 3.49. The van der Waals surface area contributed by atoms with Crippen LogP contribution in [0.4, 0.5) is 0 Å². The molecular weight excluding hydrogens is 304 g/mol. The Bertz CT molecular complexity index is 485. The molecule has 122 valence electrons. The zero-order valence-electron chi connectivity index (χ0n) is 12.8. The van der Waals surface area contributed by atoms with Crippen LogP contribution in [-0.2, 0) is 4.79 Å². The van der Waals surface area contributed by atoms with Gasteiger partial charge in [0.05, 0.1) is 6.61 Å². The quantitative estimate of drug-likeness (QED) is 0.752. The number of amides is 1. The Morgan fingerprint density at radius 3 is 2.59 bits per heavy atom. The standard InChI is InChI=1S/C16H22N2O3.ClH/c1-2-21-14-5-3-12(4-6-14)15(19)7-8-16(20)18-13-9-10-17-11-13;/h3-6,13,17H,2,7-11H2,1H3,(H,18,20);1H. The molecule has 2 N–H and O–H groups in total. The second-order valence-electron chi connectivity index (χ2n) is 5.14. The fourth-order valence-electron chi connectivity index (χ4n) is 2.35. The number of hydrogen-bond donors (Lipinski definition) is 2. The minimum Gasteiger partial charge on any atom is -0.494 e. The maximum Gasteiger partial charge on any atom is 0.220 e. The second kappa shape index (κ2) is 9.43. The summed E-state index contributed by atoms with van der Waals surface area (Å²) < 4.78 is 5.33. The van der Waals surface area contributed by atoms with Crippen LogP contribution in [0.3, 0.4) is 0 Å². The van der Waals surface area contributed by atoms with Gasteiger partial charge in [-0.15, -0.1) is 12.4 Å². The van der Waals surface area contributed by atoms with Gasteiger partial charge in [0, 0.05) is 31.0 Å². The Morgan fingerprint density at radius 1 is 1.27 bits per heavy atom. The lowest BCUT2D eigenvalue weighted by molar-refractivity contribution is -0.121. The van der Waals surface area contributed by atoms with E-state index in [4.69, 9.17) is 4.74 Å². The van der Waals surface area contributed by atoms with Crippen molar-refractivity contribution in [2.24, 2.45) is 0 Å². The lowest BCUT2D eigenvalue weighted by Crippen LogP contribution is -2.36. The summed E-state index contributed by atoms with van der Waals surface area (Å²) in [5, 5.41) is 6.13. The van der Waals surface area contributed by atoms with Crippen LogP contribution in [0.25, 0.3) is 0 Å². The molecule has 0 saturated carbocycles. The third-order valence-electron chi connectivity index (χ3n) is 3.49. The summed E-state index contributed by atoms with van der Waals surface area (Å²) in [6, 6.07) is 7.25. The summed E-state index contributed by atoms with van der Waals surface area (Å²) in [6.07, 6.45) is 1.43. The van der Waals surface area contributed by atoms with E-state index in [0.717, 1.165) is 25.3 Å². The van der Waals surface area contributed by atoms with Gasteiger partial charge in [0.15, 0.2) is 5.78 Å². The molecule has 2 rings (SSSR count). The van der Waals surface area contributed by atoms with E-state index < -0.39 is 0 Å². The van der Waals surface area contributed by atoms with Gasteiger partial charge in [-0.1, -0.05) is 0 Å². The Labute approximate surface area is 137 Å². The number of ketones is 1. The molecular formula is C16H23ClN2O3. The van der Waals surface area contributed by atoms with Crippen LogP contribution in [0, 0.1) is 0 Å². The minimum atomic E-state index is -0.0528. The van der Waals surface area contributed by atoms with Gasteiger partial charge in [-0.3, -0.25) is 9.59 Å². The van der Waals surface area contributed by atoms with Crippen molar-refractivity contribution in [1.29, 1.82) is 0 Å². The van der Waals surface area contributed by atoms with Gasteiger partial charge in [-0.25, -0.2) is 0 Å². The second-order valence-corrected chi connectivity index (χ2v) is 5.14. The Balaban J connectivity index is 0.00000242. The van der Waals surface area contributed by atoms with E-state index in [1.807, 2.05) is 6.92 Å². The average molecular weight is 327 g/mol. The van der Waals surface area contributed by atoms with Gasteiger partial charge >= 0.3 is 0 Å². The SMILES string of the molecule is CCOc1ccc(C(=O)CCC(=O)NC2CCNC2)cc1.Cl. The third kappa shape index (κ3) is 5.66. The molecule has 1 saturated heterocycles. The van der Waals surface area contributed by atoms with Crippen LogP contribution in [0.15, 0.2) is 24.3 Å². The first-order valence-electron chi connectivity index (χ1n) is 7.45. The number of carbonyl (C=O) groups excluding carboxylic acids is 2. The summed E-state index contributed by atoms with van der Waals surface area (Å²) in [6.45, 7) is 4.27. The molecule has 1 unspecified atom stereocenters. The van der Waals surface area contributed by atoms with E-state index in [-0.39, 0.29) is 43.0 Å². The fourth-order valence-corrected chi connectivity index (χ4v) is 2.35. The number of ether oxygens (including phenoxy) is 1. The molecule has 0 aromatic heterocycles. The van der Waals surface area contributed by atoms with Crippen molar-refractivity contribution in [3.8, 4) is 5.75 Å². The first-order chi connectivity index (χ1) is 10.2. The van der Waals surface area contributed by atoms with Crippen LogP contribution >= 0.6 is 12.4 Å². The molecule has 1 fully saturated rings. The monoisotopic (exact) mass is 326 g/mol. The van der Waals surface area contributed by atoms with E-state index in [9.17, 15) is 9.59 Å². The van der Waals surface area contributed by atoms with Crippen molar-refractivity contribution < 1.29 is 14.3 Å². The van der Waals surface area contributed by atoms with Crippen LogP contribution in [0.2, 0.25) is 0 Å². The highest BCUT2D eigenvalue weighted by atomic mass is 35.5. The number of benzene rings is 1. The molecule has 1 aromatic carbocycles. The lowest BCUT2D eigenvalue weighted by atomic mass is 10.1. The van der Waals surface area contributed by atoms with Crippen LogP contribution in [-0.4, -0.2) is 37.4 Å². The molecule has 0 radical (unpaired) electrons. The van der Waals surface area contributed by atoms with Gasteiger partial charge in [-0.2, -0.15) is 0 Å². The first-order valence-corrected chi connectivity index (χ1v) is 7.45. The largest absolute Gasteiger partial charge is 0.494 e. The van der Waals surface area contributed by atoms with E-state index in [1.54, 1.807) is 24.3 Å². The lowest BCUT2D eigenvalue weighted by Gasteiger charge is -2.10. The zero-order valence-corrected chi connectivity index (χ0v) is 13.6. The zero-order chi connectivity index (χ0) is 15.1. The summed E-state index contributed by atoms with van der Waals surface area (Å²) in [4.78, 5) is 23.8. The van der Waals surface area contributed by atoms with Gasteiger partial charge in [-0.05, 0) is 44.2 Å². The molecule has 22 heavy (non-hydrogen) atoms. The van der Waals surface area contributed by atoms with E-state index in [0.29, 0.717) is 12.2 Å². The number of Topliss-reactive ketones (excluding diaryl/α,β-unsaturated/α-hetero) is 1. The Kier molecular flexibility index (Phi) is 7.91. The van der Waals surface area contributed by atoms with Crippen molar-refractivity contribution >= 4 is 24.1 Å². The molecule has 1 heterocycles. The van der Waals surface area contributed by atoms with E-state index >= 15 is 0 Å². The molecule has 0 bridgehead atoms. The highest BCUT2D eigenvalue weighted by Crippen LogP contribution is 2.14. The van der Waals surface area contributed by atoms with Gasteiger partial charge in [0.1, 0.15) is 5.75 Å². The Morgan fingerprint density at radius 2 is 2.00 bits per heavy atom. The molecule has 1 amide bonds. The van der Waals surface area contributed by atoms with E-state index in [1.165, 1.54) is 0 Å². The first kappa shape index (κ1) is 18.5. The number of hydrogen-bond acceptors (Lipinski definition) is 4. The van der Waals surface area contributed by atoms with Crippen molar-refractivity contribution in [3.63, 3.8) is 0 Å². The van der Waals surface area contributed by atoms with Gasteiger partial charge < -0.3 is 15.4 Å². The van der Waals surface area contributed by atoms with Gasteiger partial charge in [0.25, 0.3) is 0 Å². The molecule has 1 aliphatic heterocycles. The normalized spacial score (nSPS) is 16.7. The molecule has 6 heteroatoms. The number of nitrogens with one attached hydrogen (secondary N) is 2. The predicted molar refractivity (Wildman–Crippen MR) is 87.8 cm³/mol. The maximum absolute atomic E-state index is 12.0. The number of carbonyl (C=O) groups is 2. The number of halogens is 1. The van der Waals surface area contributed by atoms with Crippen molar-refractivity contribution in [3.05, 3.63) is 29.8 Å². The molecule has 0 spiro atoms. The smallest absolute Gasteiger partial charge is 0.220 e. The summed E-state index contributed by atoms with van der Waals surface area (Å²) in [5.41, 5.74) is 0.619. The minimum absolute atomic E-state index is 0. The van der Waals surface area contributed by atoms with Crippen LogP contribution in [0.1, 0.15) is 36.5 Å². The van der Waals surface area contributed by atoms with Crippen LogP contribution in [0.5, 0.6) is 5.75 Å². The predicted octanol–water partition coefficient (Wildman–Crippen LogP) is 1.95.